The maximum Gasteiger partial charge on any atom is 0.308 e. The summed E-state index contributed by atoms with van der Waals surface area (Å²) in [6, 6.07) is 2.97. The molecule has 360 valence electrons. The number of ether oxygens (including phenoxy) is 9. The molecule has 4 aliphatic heterocycles. The molecule has 3 saturated heterocycles. The van der Waals surface area contributed by atoms with Gasteiger partial charge in [-0.2, -0.15) is 0 Å². The molecule has 1 aromatic heterocycles. The summed E-state index contributed by atoms with van der Waals surface area (Å²) in [5, 5.41) is 37.7. The predicted octanol–water partition coefficient (Wildman–Crippen LogP) is 2.61. The summed E-state index contributed by atoms with van der Waals surface area (Å²) in [6.07, 6.45) is -0.476. The molecule has 1 aromatic rings. The highest BCUT2D eigenvalue weighted by Crippen LogP contribution is 2.36. The van der Waals surface area contributed by atoms with Gasteiger partial charge in [0, 0.05) is 56.5 Å². The molecule has 0 aromatic carbocycles. The number of allylic oxidation sites excluding steroid dienone is 3. The van der Waals surface area contributed by atoms with E-state index in [4.69, 9.17) is 47.5 Å². The largest absolute Gasteiger partial charge is 0.465 e. The van der Waals surface area contributed by atoms with Crippen LogP contribution in [-0.2, 0) is 63.7 Å². The summed E-state index contributed by atoms with van der Waals surface area (Å²) in [4.78, 5) is 39.5. The number of rotatable bonds is 11. The van der Waals surface area contributed by atoms with E-state index in [9.17, 15) is 24.9 Å². The number of carbonyl (C=O) groups is 2. The number of methoxy groups -OCH3 is 2. The lowest BCUT2D eigenvalue weighted by molar-refractivity contribution is -0.305. The average molecular weight is 906 g/mol. The Balaban J connectivity index is 1.46. The molecule has 2 bridgehead atoms. The van der Waals surface area contributed by atoms with E-state index in [0.717, 1.165) is 11.1 Å². The van der Waals surface area contributed by atoms with Crippen LogP contribution in [0.2, 0.25) is 0 Å². The lowest BCUT2D eigenvalue weighted by atomic mass is 9.79. The summed E-state index contributed by atoms with van der Waals surface area (Å²) in [5.41, 5.74) is 2.01. The fourth-order valence-corrected chi connectivity index (χ4v) is 8.78. The van der Waals surface area contributed by atoms with Gasteiger partial charge in [-0.3, -0.25) is 14.6 Å². The number of ketones is 1. The Bertz CT molecular complexity index is 1700. The lowest BCUT2D eigenvalue weighted by Gasteiger charge is -2.47. The zero-order valence-electron chi connectivity index (χ0n) is 38.7. The van der Waals surface area contributed by atoms with E-state index in [1.54, 1.807) is 63.5 Å². The maximum absolute atomic E-state index is 14.0. The fourth-order valence-electron chi connectivity index (χ4n) is 8.78. The standard InChI is InChI=1S/C46H71N3O15/c1-26-12-13-35(50)27(2)18-33-14-16-57-24-34(48-61-23-31-11-10-15-47-20-31)25-58-36(28(3)42(33)64-45-41(54)38(49(6)7)39(52)29(4)62-45)19-37(51)59-21-32(17-26)22-60-46-44(56-9)43(55-8)40(53)30(5)63-46/h10-13,15,17,20,27-30,32-33,36,38-46,52-54H,14,16,18-19,21-25H2,1-9H3/b13-12+,26-17+,48-34+/t27-,28+,29-,30-,32+,33?,36-,38+,39-,40-,41-,42-,43-,44-,45+,46-/m1/s1. The molecule has 16 atom stereocenters. The molecular weight excluding hydrogens is 835 g/mol. The molecule has 5 heterocycles. The number of fused-ring (bicyclic) bond motifs is 3. The smallest absolute Gasteiger partial charge is 0.308 e. The van der Waals surface area contributed by atoms with E-state index in [0.29, 0.717) is 18.6 Å². The van der Waals surface area contributed by atoms with Crippen molar-refractivity contribution in [2.45, 2.75) is 134 Å². The van der Waals surface area contributed by atoms with Crippen LogP contribution in [0.25, 0.3) is 0 Å². The third-order valence-corrected chi connectivity index (χ3v) is 12.5. The molecule has 0 aliphatic carbocycles. The van der Waals surface area contributed by atoms with Crippen molar-refractivity contribution in [2.75, 3.05) is 61.3 Å². The second-order valence-corrected chi connectivity index (χ2v) is 17.7. The van der Waals surface area contributed by atoms with Gasteiger partial charge < -0.3 is 67.7 Å². The number of nitrogens with zero attached hydrogens (tertiary/aromatic N) is 3. The van der Waals surface area contributed by atoms with Crippen molar-refractivity contribution < 1.29 is 72.4 Å². The number of hydrogen-bond donors (Lipinski definition) is 3. The third-order valence-electron chi connectivity index (χ3n) is 12.5. The number of esters is 1. The Morgan fingerprint density at radius 1 is 0.922 bits per heavy atom. The molecule has 0 spiro atoms. The van der Waals surface area contributed by atoms with Crippen LogP contribution in [0.4, 0.5) is 0 Å². The summed E-state index contributed by atoms with van der Waals surface area (Å²) < 4.78 is 55.1. The van der Waals surface area contributed by atoms with Crippen LogP contribution in [-0.4, -0.2) is 178 Å². The first-order valence-corrected chi connectivity index (χ1v) is 22.3. The molecule has 64 heavy (non-hydrogen) atoms. The van der Waals surface area contributed by atoms with E-state index < -0.39 is 97.3 Å². The highest BCUT2D eigenvalue weighted by Gasteiger charge is 2.48. The number of oxime groups is 1. The Labute approximate surface area is 377 Å². The van der Waals surface area contributed by atoms with Crippen molar-refractivity contribution >= 4 is 17.5 Å². The van der Waals surface area contributed by atoms with Crippen molar-refractivity contribution in [1.82, 2.24) is 9.88 Å². The van der Waals surface area contributed by atoms with Crippen molar-refractivity contribution in [3.63, 3.8) is 0 Å². The first-order valence-electron chi connectivity index (χ1n) is 22.3. The van der Waals surface area contributed by atoms with Gasteiger partial charge in [0.25, 0.3) is 0 Å². The van der Waals surface area contributed by atoms with E-state index in [1.807, 2.05) is 32.9 Å². The van der Waals surface area contributed by atoms with Crippen LogP contribution in [0.1, 0.15) is 59.4 Å². The number of pyridine rings is 1. The van der Waals surface area contributed by atoms with Crippen molar-refractivity contribution in [3.05, 3.63) is 53.9 Å². The van der Waals surface area contributed by atoms with Gasteiger partial charge in [-0.1, -0.05) is 42.8 Å². The van der Waals surface area contributed by atoms with Gasteiger partial charge in [-0.15, -0.1) is 0 Å². The molecule has 0 saturated carbocycles. The van der Waals surface area contributed by atoms with Crippen molar-refractivity contribution in [1.29, 1.82) is 0 Å². The lowest BCUT2D eigenvalue weighted by Crippen LogP contribution is -2.63. The van der Waals surface area contributed by atoms with E-state index in [-0.39, 0.29) is 57.8 Å². The van der Waals surface area contributed by atoms with Crippen LogP contribution in [0.5, 0.6) is 0 Å². The van der Waals surface area contributed by atoms with Gasteiger partial charge >= 0.3 is 5.97 Å². The van der Waals surface area contributed by atoms with Crippen molar-refractivity contribution in [3.8, 4) is 0 Å². The Hall–Kier alpha value is -3.24. The number of cyclic esters (lactones) is 1. The molecule has 4 aliphatic rings. The minimum Gasteiger partial charge on any atom is -0.465 e. The van der Waals surface area contributed by atoms with Gasteiger partial charge in [-0.25, -0.2) is 0 Å². The molecule has 18 heteroatoms. The van der Waals surface area contributed by atoms with Crippen LogP contribution in [0.15, 0.2) is 53.5 Å². The second-order valence-electron chi connectivity index (χ2n) is 17.7. The summed E-state index contributed by atoms with van der Waals surface area (Å²) >= 11 is 0. The molecule has 5 rings (SSSR count). The number of aliphatic hydroxyl groups is 3. The molecular formula is C46H71N3O15. The molecule has 0 amide bonds. The van der Waals surface area contributed by atoms with Gasteiger partial charge in [0.2, 0.25) is 0 Å². The van der Waals surface area contributed by atoms with Crippen LogP contribution < -0.4 is 0 Å². The first kappa shape index (κ1) is 51.7. The van der Waals surface area contributed by atoms with E-state index in [2.05, 4.69) is 10.1 Å². The van der Waals surface area contributed by atoms with E-state index in [1.165, 1.54) is 14.2 Å². The van der Waals surface area contributed by atoms with E-state index >= 15 is 0 Å². The highest BCUT2D eigenvalue weighted by molar-refractivity contribution is 5.91. The molecule has 18 nitrogen and oxygen atoms in total. The molecule has 3 fully saturated rings. The predicted molar refractivity (Wildman–Crippen MR) is 232 cm³/mol. The fraction of sp³-hybridized carbons (Fsp3) is 0.739. The molecule has 3 N–H and O–H groups in total. The first-order chi connectivity index (χ1) is 30.6. The topological polar surface area (TPSA) is 216 Å². The molecule has 1 unspecified atom stereocenters. The zero-order valence-corrected chi connectivity index (χ0v) is 38.7. The Kier molecular flexibility index (Phi) is 20.3. The van der Waals surface area contributed by atoms with Gasteiger partial charge in [0.1, 0.15) is 36.7 Å². The van der Waals surface area contributed by atoms with Gasteiger partial charge in [-0.05, 0) is 65.8 Å². The maximum atomic E-state index is 14.0. The minimum absolute atomic E-state index is 0.0319. The number of likely N-dealkylation sites (N-methyl/N-ethyl adjacent to an activating group) is 1. The zero-order chi connectivity index (χ0) is 46.5. The summed E-state index contributed by atoms with van der Waals surface area (Å²) in [5.74, 6) is -2.54. The number of carbonyl (C=O) groups excluding carboxylic acids is 2. The third kappa shape index (κ3) is 14.1. The molecule has 0 radical (unpaired) electrons. The average Bonchev–Trinajstić information content (AvgIpc) is 3.29. The number of hydrogen-bond acceptors (Lipinski definition) is 18. The summed E-state index contributed by atoms with van der Waals surface area (Å²) in [7, 11) is 6.50. The second kappa shape index (κ2) is 25.0. The Morgan fingerprint density at radius 3 is 2.36 bits per heavy atom. The normalized spacial score (nSPS) is 39.7. The number of aromatic nitrogens is 1. The van der Waals surface area contributed by atoms with Gasteiger partial charge in [0.15, 0.2) is 18.4 Å². The highest BCUT2D eigenvalue weighted by atomic mass is 16.7. The number of aliphatic hydroxyl groups excluding tert-OH is 3. The van der Waals surface area contributed by atoms with Gasteiger partial charge in [0.05, 0.1) is 69.4 Å². The summed E-state index contributed by atoms with van der Waals surface area (Å²) in [6.45, 7) is 9.44. The van der Waals surface area contributed by atoms with Crippen molar-refractivity contribution in [2.24, 2.45) is 28.8 Å². The monoisotopic (exact) mass is 905 g/mol. The van der Waals surface area contributed by atoms with Crippen LogP contribution in [0.3, 0.4) is 0 Å². The van der Waals surface area contributed by atoms with Crippen LogP contribution >= 0.6 is 0 Å². The minimum atomic E-state index is -1.25. The SMILES string of the molecule is CO[C@@H]1[C@H](O)[C@@H](C)O[C@@H](OC[C@H]2/C=C(C)/C=C/C(=O)[C@H](C)CC3CCOC/C(=N\OCc4cccnc4)CO[C@H](CC(=O)OC2)[C@H](C)[C@H]3O[C@@H]2O[C@H](C)[C@@H](O)[C@H](N(C)C)[C@H]2O)[C@@H]1OC. The quantitative estimate of drug-likeness (QED) is 0.215. The Morgan fingerprint density at radius 2 is 1.66 bits per heavy atom. The van der Waals surface area contributed by atoms with Crippen LogP contribution in [0, 0.1) is 23.7 Å².